The standard InChI is InChI=1S/C29H28N2O4/c1-4-18-34-21-13-10-20(11-14-21)25-24-26(32)23-15-12-19-8-5-6-9-22(19)27(23)35-28(24)29(33)31(25)17-7-16-30(2)3/h4-6,8-15,25H,1,7,16-18H2,2-3H3. The Kier molecular flexibility index (Phi) is 6.14. The third kappa shape index (κ3) is 4.10. The highest BCUT2D eigenvalue weighted by molar-refractivity contribution is 6.06. The molecule has 2 heterocycles. The molecule has 0 radical (unpaired) electrons. The molecule has 0 saturated heterocycles. The summed E-state index contributed by atoms with van der Waals surface area (Å²) < 4.78 is 11.9. The van der Waals surface area contributed by atoms with Crippen molar-refractivity contribution in [2.45, 2.75) is 12.5 Å². The van der Waals surface area contributed by atoms with Crippen LogP contribution in [0, 0.1) is 0 Å². The van der Waals surface area contributed by atoms with Gasteiger partial charge in [-0.1, -0.05) is 55.1 Å². The second-order valence-electron chi connectivity index (χ2n) is 9.06. The molecule has 35 heavy (non-hydrogen) atoms. The Hall–Kier alpha value is -3.90. The molecule has 0 saturated carbocycles. The normalized spacial score (nSPS) is 15.2. The monoisotopic (exact) mass is 468 g/mol. The molecule has 3 aromatic carbocycles. The molecular weight excluding hydrogens is 440 g/mol. The van der Waals surface area contributed by atoms with Crippen LogP contribution in [-0.2, 0) is 0 Å². The lowest BCUT2D eigenvalue weighted by molar-refractivity contribution is 0.0722. The van der Waals surface area contributed by atoms with Crippen LogP contribution < -0.4 is 10.2 Å². The summed E-state index contributed by atoms with van der Waals surface area (Å²) in [5.41, 5.74) is 1.55. The van der Waals surface area contributed by atoms with Crippen LogP contribution in [-0.4, -0.2) is 49.5 Å². The average Bonchev–Trinajstić information content (AvgIpc) is 3.14. The maximum atomic E-state index is 13.8. The van der Waals surface area contributed by atoms with Gasteiger partial charge in [0.15, 0.2) is 5.43 Å². The van der Waals surface area contributed by atoms with E-state index in [2.05, 4.69) is 11.5 Å². The predicted octanol–water partition coefficient (Wildman–Crippen LogP) is 5.01. The molecule has 5 rings (SSSR count). The van der Waals surface area contributed by atoms with Crippen LogP contribution in [0.4, 0.5) is 0 Å². The maximum Gasteiger partial charge on any atom is 0.290 e. The van der Waals surface area contributed by atoms with E-state index in [9.17, 15) is 9.59 Å². The molecule has 0 aliphatic carbocycles. The smallest absolute Gasteiger partial charge is 0.290 e. The first-order chi connectivity index (χ1) is 17.0. The molecule has 0 bridgehead atoms. The highest BCUT2D eigenvalue weighted by Crippen LogP contribution is 2.39. The second-order valence-corrected chi connectivity index (χ2v) is 9.06. The zero-order chi connectivity index (χ0) is 24.5. The Balaban J connectivity index is 1.66. The summed E-state index contributed by atoms with van der Waals surface area (Å²) in [5.74, 6) is 0.595. The summed E-state index contributed by atoms with van der Waals surface area (Å²) in [6, 6.07) is 18.5. The van der Waals surface area contributed by atoms with Crippen LogP contribution in [0.25, 0.3) is 21.7 Å². The quantitative estimate of drug-likeness (QED) is 0.269. The molecule has 178 valence electrons. The molecule has 6 nitrogen and oxygen atoms in total. The third-order valence-corrected chi connectivity index (χ3v) is 6.43. The minimum Gasteiger partial charge on any atom is -0.490 e. The fourth-order valence-electron chi connectivity index (χ4n) is 4.78. The van der Waals surface area contributed by atoms with Gasteiger partial charge in [0.1, 0.15) is 17.9 Å². The largest absolute Gasteiger partial charge is 0.490 e. The number of amides is 1. The first-order valence-electron chi connectivity index (χ1n) is 11.8. The summed E-state index contributed by atoms with van der Waals surface area (Å²) in [4.78, 5) is 31.3. The van der Waals surface area contributed by atoms with Gasteiger partial charge in [-0.25, -0.2) is 0 Å². The molecule has 1 aliphatic heterocycles. The summed E-state index contributed by atoms with van der Waals surface area (Å²) in [5, 5.41) is 2.27. The molecule has 6 heteroatoms. The van der Waals surface area contributed by atoms with Gasteiger partial charge in [-0.2, -0.15) is 0 Å². The van der Waals surface area contributed by atoms with Gasteiger partial charge < -0.3 is 19.0 Å². The van der Waals surface area contributed by atoms with E-state index >= 15 is 0 Å². The number of hydrogen-bond donors (Lipinski definition) is 0. The molecule has 1 unspecified atom stereocenters. The van der Waals surface area contributed by atoms with Gasteiger partial charge in [0.2, 0.25) is 5.76 Å². The van der Waals surface area contributed by atoms with Gasteiger partial charge in [0.25, 0.3) is 5.91 Å². The maximum absolute atomic E-state index is 13.8. The van der Waals surface area contributed by atoms with Crippen molar-refractivity contribution in [3.8, 4) is 5.75 Å². The Morgan fingerprint density at radius 1 is 1.03 bits per heavy atom. The Morgan fingerprint density at radius 2 is 1.80 bits per heavy atom. The van der Waals surface area contributed by atoms with Crippen LogP contribution in [0.3, 0.4) is 0 Å². The summed E-state index contributed by atoms with van der Waals surface area (Å²) in [6.45, 7) is 5.42. The lowest BCUT2D eigenvalue weighted by Gasteiger charge is -2.26. The number of carbonyl (C=O) groups is 1. The van der Waals surface area contributed by atoms with Crippen molar-refractivity contribution in [2.24, 2.45) is 0 Å². The van der Waals surface area contributed by atoms with E-state index < -0.39 is 6.04 Å². The lowest BCUT2D eigenvalue weighted by atomic mass is 9.97. The predicted molar refractivity (Wildman–Crippen MR) is 138 cm³/mol. The SMILES string of the molecule is C=CCOc1ccc(C2c3c(oc4c(ccc5ccccc54)c3=O)C(=O)N2CCCN(C)C)cc1. The number of carbonyl (C=O) groups excluding carboxylic acids is 1. The van der Waals surface area contributed by atoms with Crippen LogP contribution in [0.1, 0.15) is 34.1 Å². The fraction of sp³-hybridized carbons (Fsp3) is 0.241. The van der Waals surface area contributed by atoms with Crippen molar-refractivity contribution in [1.82, 2.24) is 9.80 Å². The van der Waals surface area contributed by atoms with E-state index in [4.69, 9.17) is 9.15 Å². The molecule has 0 N–H and O–H groups in total. The number of fused-ring (bicyclic) bond motifs is 4. The van der Waals surface area contributed by atoms with Gasteiger partial charge in [-0.05, 0) is 56.2 Å². The molecule has 1 amide bonds. The van der Waals surface area contributed by atoms with Gasteiger partial charge in [-0.3, -0.25) is 9.59 Å². The Morgan fingerprint density at radius 3 is 2.54 bits per heavy atom. The highest BCUT2D eigenvalue weighted by Gasteiger charge is 2.42. The van der Waals surface area contributed by atoms with Gasteiger partial charge in [0, 0.05) is 11.9 Å². The van der Waals surface area contributed by atoms with Crippen molar-refractivity contribution >= 4 is 27.6 Å². The van der Waals surface area contributed by atoms with Gasteiger partial charge in [-0.15, -0.1) is 0 Å². The number of nitrogens with zero attached hydrogens (tertiary/aromatic N) is 2. The zero-order valence-corrected chi connectivity index (χ0v) is 20.0. The van der Waals surface area contributed by atoms with Crippen LogP contribution >= 0.6 is 0 Å². The van der Waals surface area contributed by atoms with Gasteiger partial charge >= 0.3 is 0 Å². The molecule has 0 fully saturated rings. The molecule has 0 spiro atoms. The zero-order valence-electron chi connectivity index (χ0n) is 20.0. The summed E-state index contributed by atoms with van der Waals surface area (Å²) in [7, 11) is 4.01. The van der Waals surface area contributed by atoms with E-state index in [1.54, 1.807) is 17.0 Å². The van der Waals surface area contributed by atoms with Crippen molar-refractivity contribution in [1.29, 1.82) is 0 Å². The van der Waals surface area contributed by atoms with E-state index in [0.29, 0.717) is 35.4 Å². The first kappa shape index (κ1) is 22.9. The Labute approximate surface area is 204 Å². The van der Waals surface area contributed by atoms with Crippen LogP contribution in [0.15, 0.2) is 82.5 Å². The third-order valence-electron chi connectivity index (χ3n) is 6.43. The number of ether oxygens (including phenoxy) is 1. The van der Waals surface area contributed by atoms with E-state index in [1.165, 1.54) is 0 Å². The van der Waals surface area contributed by atoms with Crippen LogP contribution in [0.5, 0.6) is 5.75 Å². The number of rotatable bonds is 8. The summed E-state index contributed by atoms with van der Waals surface area (Å²) >= 11 is 0. The molecule has 4 aromatic rings. The second kappa shape index (κ2) is 9.39. The lowest BCUT2D eigenvalue weighted by Crippen LogP contribution is -2.32. The highest BCUT2D eigenvalue weighted by atomic mass is 16.5. The van der Waals surface area contributed by atoms with Crippen LogP contribution in [0.2, 0.25) is 0 Å². The minimum atomic E-state index is -0.514. The van der Waals surface area contributed by atoms with Crippen molar-refractivity contribution in [2.75, 3.05) is 33.8 Å². The molecule has 1 atom stereocenters. The Bertz CT molecular complexity index is 1470. The molecule has 1 aliphatic rings. The van der Waals surface area contributed by atoms with Crippen molar-refractivity contribution < 1.29 is 13.9 Å². The average molecular weight is 469 g/mol. The summed E-state index contributed by atoms with van der Waals surface area (Å²) in [6.07, 6.45) is 2.46. The molecule has 1 aromatic heterocycles. The van der Waals surface area contributed by atoms with E-state index in [1.807, 2.05) is 68.7 Å². The van der Waals surface area contributed by atoms with Crippen molar-refractivity contribution in [3.63, 3.8) is 0 Å². The van der Waals surface area contributed by atoms with Crippen molar-refractivity contribution in [3.05, 3.63) is 100 Å². The van der Waals surface area contributed by atoms with Gasteiger partial charge in [0.05, 0.1) is 17.0 Å². The van der Waals surface area contributed by atoms with E-state index in [-0.39, 0.29) is 17.1 Å². The minimum absolute atomic E-state index is 0.140. The number of benzene rings is 3. The topological polar surface area (TPSA) is 63.0 Å². The molecular formula is C29H28N2O4. The van der Waals surface area contributed by atoms with E-state index in [0.717, 1.165) is 29.3 Å². The first-order valence-corrected chi connectivity index (χ1v) is 11.8. The fourth-order valence-corrected chi connectivity index (χ4v) is 4.78. The number of hydrogen-bond acceptors (Lipinski definition) is 5.